The zero-order valence-corrected chi connectivity index (χ0v) is 15.1. The summed E-state index contributed by atoms with van der Waals surface area (Å²) in [5, 5.41) is 2.99. The first-order valence-corrected chi connectivity index (χ1v) is 8.98. The molecule has 0 aromatic heterocycles. The molecule has 1 atom stereocenters. The second-order valence-electron chi connectivity index (χ2n) is 6.29. The number of methoxy groups -OCH3 is 1. The molecule has 1 saturated heterocycles. The average molecular weight is 334 g/mol. The standard InChI is InChI=1S/C19H30N2O3/c1-4-24-17-10-9-16(14-18(17)23-3)19(22)20-11-7-13-21-12-6-5-8-15(21)2/h9-10,14-15H,4-8,11-13H2,1-3H3,(H,20,22)/t15-/m1/s1. The normalized spacial score (nSPS) is 18.2. The molecule has 1 aromatic carbocycles. The molecule has 1 amide bonds. The Kier molecular flexibility index (Phi) is 7.37. The van der Waals surface area contributed by atoms with Gasteiger partial charge in [-0.05, 0) is 57.9 Å². The van der Waals surface area contributed by atoms with Gasteiger partial charge in [0.15, 0.2) is 11.5 Å². The highest BCUT2D eigenvalue weighted by atomic mass is 16.5. The van der Waals surface area contributed by atoms with Crippen LogP contribution < -0.4 is 14.8 Å². The fourth-order valence-corrected chi connectivity index (χ4v) is 3.16. The van der Waals surface area contributed by atoms with Crippen molar-refractivity contribution in [3.8, 4) is 11.5 Å². The molecular weight excluding hydrogens is 304 g/mol. The first-order valence-electron chi connectivity index (χ1n) is 8.98. The van der Waals surface area contributed by atoms with Gasteiger partial charge >= 0.3 is 0 Å². The van der Waals surface area contributed by atoms with Gasteiger partial charge in [0.1, 0.15) is 0 Å². The zero-order valence-electron chi connectivity index (χ0n) is 15.1. The third-order valence-electron chi connectivity index (χ3n) is 4.57. The van der Waals surface area contributed by atoms with Crippen molar-refractivity contribution in [3.05, 3.63) is 23.8 Å². The molecule has 0 aliphatic carbocycles. The molecule has 1 fully saturated rings. The largest absolute Gasteiger partial charge is 0.493 e. The number of nitrogens with one attached hydrogen (secondary N) is 1. The highest BCUT2D eigenvalue weighted by Crippen LogP contribution is 2.28. The Morgan fingerprint density at radius 3 is 2.88 bits per heavy atom. The number of nitrogens with zero attached hydrogens (tertiary/aromatic N) is 1. The van der Waals surface area contributed by atoms with Gasteiger partial charge in [-0.1, -0.05) is 6.42 Å². The molecule has 0 saturated carbocycles. The lowest BCUT2D eigenvalue weighted by Gasteiger charge is -2.33. The SMILES string of the molecule is CCOc1ccc(C(=O)NCCCN2CCCC[C@H]2C)cc1OC. The van der Waals surface area contributed by atoms with E-state index in [1.165, 1.54) is 25.8 Å². The number of hydrogen-bond acceptors (Lipinski definition) is 4. The van der Waals surface area contributed by atoms with E-state index >= 15 is 0 Å². The Morgan fingerprint density at radius 2 is 2.17 bits per heavy atom. The van der Waals surface area contributed by atoms with Crippen LogP contribution in [0.5, 0.6) is 11.5 Å². The number of carbonyl (C=O) groups is 1. The van der Waals surface area contributed by atoms with Gasteiger partial charge in [0, 0.05) is 24.7 Å². The second kappa shape index (κ2) is 9.52. The lowest BCUT2D eigenvalue weighted by Crippen LogP contribution is -2.39. The first-order chi connectivity index (χ1) is 11.7. The molecule has 24 heavy (non-hydrogen) atoms. The van der Waals surface area contributed by atoms with E-state index < -0.39 is 0 Å². The van der Waals surface area contributed by atoms with Crippen LogP contribution in [0.4, 0.5) is 0 Å². The molecule has 0 unspecified atom stereocenters. The van der Waals surface area contributed by atoms with Crippen molar-refractivity contribution < 1.29 is 14.3 Å². The summed E-state index contributed by atoms with van der Waals surface area (Å²) in [5.74, 6) is 1.19. The Morgan fingerprint density at radius 1 is 1.33 bits per heavy atom. The number of ether oxygens (including phenoxy) is 2. The van der Waals surface area contributed by atoms with Crippen LogP contribution in [0.25, 0.3) is 0 Å². The van der Waals surface area contributed by atoms with Gasteiger partial charge in [-0.15, -0.1) is 0 Å². The van der Waals surface area contributed by atoms with Gasteiger partial charge in [-0.2, -0.15) is 0 Å². The lowest BCUT2D eigenvalue weighted by atomic mass is 10.0. The van der Waals surface area contributed by atoms with Gasteiger partial charge in [0.25, 0.3) is 5.91 Å². The summed E-state index contributed by atoms with van der Waals surface area (Å²) in [7, 11) is 1.58. The van der Waals surface area contributed by atoms with Crippen molar-refractivity contribution in [2.45, 2.75) is 45.6 Å². The zero-order chi connectivity index (χ0) is 17.4. The summed E-state index contributed by atoms with van der Waals surface area (Å²) in [4.78, 5) is 14.8. The van der Waals surface area contributed by atoms with E-state index in [0.29, 0.717) is 36.3 Å². The first kappa shape index (κ1) is 18.6. The van der Waals surface area contributed by atoms with Crippen LogP contribution in [-0.4, -0.2) is 50.2 Å². The van der Waals surface area contributed by atoms with Crippen LogP contribution >= 0.6 is 0 Å². The molecular formula is C19H30N2O3. The van der Waals surface area contributed by atoms with Gasteiger partial charge in [-0.25, -0.2) is 0 Å². The van der Waals surface area contributed by atoms with E-state index in [9.17, 15) is 4.79 Å². The van der Waals surface area contributed by atoms with Gasteiger partial charge in [0.2, 0.25) is 0 Å². The third-order valence-corrected chi connectivity index (χ3v) is 4.57. The van der Waals surface area contributed by atoms with Gasteiger partial charge in [-0.3, -0.25) is 4.79 Å². The molecule has 1 aliphatic heterocycles. The number of piperidine rings is 1. The molecule has 134 valence electrons. The minimum atomic E-state index is -0.0666. The maximum atomic E-state index is 12.3. The fourth-order valence-electron chi connectivity index (χ4n) is 3.16. The molecule has 2 rings (SSSR count). The number of rotatable bonds is 8. The molecule has 1 aliphatic rings. The van der Waals surface area contributed by atoms with Crippen molar-refractivity contribution in [2.24, 2.45) is 0 Å². The smallest absolute Gasteiger partial charge is 0.251 e. The van der Waals surface area contributed by atoms with E-state index in [1.54, 1.807) is 25.3 Å². The molecule has 1 heterocycles. The van der Waals surface area contributed by atoms with E-state index in [1.807, 2.05) is 6.92 Å². The van der Waals surface area contributed by atoms with Crippen LogP contribution in [0, 0.1) is 0 Å². The quantitative estimate of drug-likeness (QED) is 0.742. The number of hydrogen-bond donors (Lipinski definition) is 1. The Labute approximate surface area is 145 Å². The molecule has 1 aromatic rings. The molecule has 1 N–H and O–H groups in total. The average Bonchev–Trinajstić information content (AvgIpc) is 2.60. The van der Waals surface area contributed by atoms with E-state index in [4.69, 9.17) is 9.47 Å². The summed E-state index contributed by atoms with van der Waals surface area (Å²) >= 11 is 0. The minimum absolute atomic E-state index is 0.0666. The monoisotopic (exact) mass is 334 g/mol. The highest BCUT2D eigenvalue weighted by molar-refractivity contribution is 5.94. The maximum Gasteiger partial charge on any atom is 0.251 e. The summed E-state index contributed by atoms with van der Waals surface area (Å²) in [6.07, 6.45) is 4.90. The Balaban J connectivity index is 1.79. The predicted molar refractivity (Wildman–Crippen MR) is 96.0 cm³/mol. The highest BCUT2D eigenvalue weighted by Gasteiger charge is 2.17. The predicted octanol–water partition coefficient (Wildman–Crippen LogP) is 3.09. The van der Waals surface area contributed by atoms with Crippen LogP contribution in [0.3, 0.4) is 0 Å². The van der Waals surface area contributed by atoms with E-state index in [2.05, 4.69) is 17.1 Å². The molecule has 0 radical (unpaired) electrons. The van der Waals surface area contributed by atoms with Crippen molar-refractivity contribution in [2.75, 3.05) is 33.4 Å². The van der Waals surface area contributed by atoms with Crippen molar-refractivity contribution >= 4 is 5.91 Å². The minimum Gasteiger partial charge on any atom is -0.493 e. The number of carbonyl (C=O) groups excluding carboxylic acids is 1. The summed E-state index contributed by atoms with van der Waals surface area (Å²) in [6, 6.07) is 5.96. The van der Waals surface area contributed by atoms with E-state index in [0.717, 1.165) is 13.0 Å². The van der Waals surface area contributed by atoms with Crippen molar-refractivity contribution in [1.82, 2.24) is 10.2 Å². The van der Waals surface area contributed by atoms with Gasteiger partial charge in [0.05, 0.1) is 13.7 Å². The lowest BCUT2D eigenvalue weighted by molar-refractivity contribution is 0.0948. The summed E-state index contributed by atoms with van der Waals surface area (Å²) in [6.45, 7) is 7.71. The van der Waals surface area contributed by atoms with Crippen LogP contribution in [0.1, 0.15) is 49.9 Å². The number of amides is 1. The van der Waals surface area contributed by atoms with Gasteiger partial charge < -0.3 is 19.7 Å². The molecule has 5 nitrogen and oxygen atoms in total. The summed E-state index contributed by atoms with van der Waals surface area (Å²) < 4.78 is 10.8. The topological polar surface area (TPSA) is 50.8 Å². The van der Waals surface area contributed by atoms with Crippen LogP contribution in [-0.2, 0) is 0 Å². The van der Waals surface area contributed by atoms with E-state index in [-0.39, 0.29) is 5.91 Å². The maximum absolute atomic E-state index is 12.3. The third kappa shape index (κ3) is 5.13. The Hall–Kier alpha value is -1.75. The molecule has 0 bridgehead atoms. The van der Waals surface area contributed by atoms with Crippen LogP contribution in [0.15, 0.2) is 18.2 Å². The molecule has 5 heteroatoms. The summed E-state index contributed by atoms with van der Waals surface area (Å²) in [5.41, 5.74) is 0.599. The molecule has 0 spiro atoms. The fraction of sp³-hybridized carbons (Fsp3) is 0.632. The number of likely N-dealkylation sites (tertiary alicyclic amines) is 1. The number of benzene rings is 1. The second-order valence-corrected chi connectivity index (χ2v) is 6.29. The Bertz CT molecular complexity index is 533. The van der Waals surface area contributed by atoms with Crippen LogP contribution in [0.2, 0.25) is 0 Å². The van der Waals surface area contributed by atoms with Crippen molar-refractivity contribution in [1.29, 1.82) is 0 Å². The van der Waals surface area contributed by atoms with Crippen molar-refractivity contribution in [3.63, 3.8) is 0 Å².